The van der Waals surface area contributed by atoms with Crippen molar-refractivity contribution < 1.29 is 19.4 Å². The summed E-state index contributed by atoms with van der Waals surface area (Å²) in [6.07, 6.45) is -0.117. The monoisotopic (exact) mass is 291 g/mol. The summed E-state index contributed by atoms with van der Waals surface area (Å²) >= 11 is 0. The van der Waals surface area contributed by atoms with E-state index in [4.69, 9.17) is 4.74 Å². The predicted octanol–water partition coefficient (Wildman–Crippen LogP) is 2.90. The Labute approximate surface area is 124 Å². The summed E-state index contributed by atoms with van der Waals surface area (Å²) in [5.74, 6) is -0.974. The van der Waals surface area contributed by atoms with Crippen LogP contribution < -0.4 is 0 Å². The third-order valence-electron chi connectivity index (χ3n) is 4.18. The van der Waals surface area contributed by atoms with Crippen LogP contribution in [0.4, 0.5) is 4.79 Å². The summed E-state index contributed by atoms with van der Waals surface area (Å²) in [5, 5.41) is 9.57. The minimum Gasteiger partial charge on any atom is -0.479 e. The van der Waals surface area contributed by atoms with E-state index in [0.717, 1.165) is 5.56 Å². The zero-order valence-corrected chi connectivity index (χ0v) is 12.6. The zero-order chi connectivity index (χ0) is 15.7. The average molecular weight is 291 g/mol. The van der Waals surface area contributed by atoms with Crippen molar-refractivity contribution in [2.24, 2.45) is 5.41 Å². The second-order valence-electron chi connectivity index (χ2n) is 6.36. The van der Waals surface area contributed by atoms with Crippen LogP contribution in [0, 0.1) is 5.41 Å². The Bertz CT molecular complexity index is 535. The Morgan fingerprint density at radius 1 is 1.29 bits per heavy atom. The molecule has 0 saturated carbocycles. The van der Waals surface area contributed by atoms with E-state index in [1.807, 2.05) is 51.1 Å². The molecule has 1 heterocycles. The van der Waals surface area contributed by atoms with Gasteiger partial charge in [-0.25, -0.2) is 9.59 Å². The summed E-state index contributed by atoms with van der Waals surface area (Å²) in [6, 6.07) is 9.33. The number of carboxylic acid groups (broad SMARTS) is 1. The molecule has 1 amide bonds. The van der Waals surface area contributed by atoms with Crippen LogP contribution in [0.5, 0.6) is 0 Å². The summed E-state index contributed by atoms with van der Waals surface area (Å²) in [4.78, 5) is 25.2. The van der Waals surface area contributed by atoms with Gasteiger partial charge in [0.15, 0.2) is 0 Å². The Morgan fingerprint density at radius 3 is 2.33 bits per heavy atom. The van der Waals surface area contributed by atoms with Crippen LogP contribution in [0.2, 0.25) is 0 Å². The maximum absolute atomic E-state index is 12.2. The maximum atomic E-state index is 12.2. The lowest BCUT2D eigenvalue weighted by atomic mass is 9.66. The molecule has 5 nitrogen and oxygen atoms in total. The van der Waals surface area contributed by atoms with Gasteiger partial charge in [0.05, 0.1) is 0 Å². The van der Waals surface area contributed by atoms with Crippen molar-refractivity contribution >= 4 is 12.1 Å². The highest BCUT2D eigenvalue weighted by molar-refractivity contribution is 5.87. The third kappa shape index (κ3) is 2.60. The lowest BCUT2D eigenvalue weighted by molar-refractivity contribution is -0.172. The van der Waals surface area contributed by atoms with Gasteiger partial charge in [0, 0.05) is 6.54 Å². The van der Waals surface area contributed by atoms with Gasteiger partial charge in [-0.15, -0.1) is 0 Å². The Kier molecular flexibility index (Phi) is 3.94. The van der Waals surface area contributed by atoms with Crippen molar-refractivity contribution in [2.45, 2.75) is 39.3 Å². The SMILES string of the molecule is CC(C)(C)C1(C(=O)O)CCN1C(=O)OCc1ccccc1. The van der Waals surface area contributed by atoms with Crippen LogP contribution in [0.3, 0.4) is 0 Å². The van der Waals surface area contributed by atoms with Crippen molar-refractivity contribution in [3.05, 3.63) is 35.9 Å². The first-order valence-corrected chi connectivity index (χ1v) is 7.01. The number of benzene rings is 1. The van der Waals surface area contributed by atoms with Crippen molar-refractivity contribution in [1.82, 2.24) is 4.90 Å². The highest BCUT2D eigenvalue weighted by Crippen LogP contribution is 2.45. The van der Waals surface area contributed by atoms with Gasteiger partial charge in [-0.2, -0.15) is 0 Å². The van der Waals surface area contributed by atoms with Crippen molar-refractivity contribution in [1.29, 1.82) is 0 Å². The van der Waals surface area contributed by atoms with Crippen LogP contribution in [0.25, 0.3) is 0 Å². The number of rotatable bonds is 3. The van der Waals surface area contributed by atoms with Gasteiger partial charge >= 0.3 is 12.1 Å². The molecule has 5 heteroatoms. The topological polar surface area (TPSA) is 66.8 Å². The summed E-state index contributed by atoms with van der Waals surface area (Å²) < 4.78 is 5.26. The quantitative estimate of drug-likeness (QED) is 0.930. The van der Waals surface area contributed by atoms with E-state index in [0.29, 0.717) is 13.0 Å². The van der Waals surface area contributed by atoms with E-state index in [-0.39, 0.29) is 6.61 Å². The molecule has 1 fully saturated rings. The molecule has 1 saturated heterocycles. The van der Waals surface area contributed by atoms with Crippen molar-refractivity contribution in [3.63, 3.8) is 0 Å². The smallest absolute Gasteiger partial charge is 0.411 e. The fraction of sp³-hybridized carbons (Fsp3) is 0.500. The molecule has 21 heavy (non-hydrogen) atoms. The number of hydrogen-bond donors (Lipinski definition) is 1. The fourth-order valence-corrected chi connectivity index (χ4v) is 2.81. The fourth-order valence-electron chi connectivity index (χ4n) is 2.81. The lowest BCUT2D eigenvalue weighted by Crippen LogP contribution is -2.72. The number of nitrogens with zero attached hydrogens (tertiary/aromatic N) is 1. The van der Waals surface area contributed by atoms with Crippen LogP contribution in [-0.4, -0.2) is 34.2 Å². The van der Waals surface area contributed by atoms with E-state index in [2.05, 4.69) is 0 Å². The maximum Gasteiger partial charge on any atom is 0.411 e. The van der Waals surface area contributed by atoms with E-state index >= 15 is 0 Å². The summed E-state index contributed by atoms with van der Waals surface area (Å²) in [7, 11) is 0. The second-order valence-corrected chi connectivity index (χ2v) is 6.36. The molecule has 1 atom stereocenters. The van der Waals surface area contributed by atoms with Crippen LogP contribution >= 0.6 is 0 Å². The number of amides is 1. The summed E-state index contributed by atoms with van der Waals surface area (Å²) in [5.41, 5.74) is -0.855. The molecular formula is C16H21NO4. The van der Waals surface area contributed by atoms with Gasteiger partial charge in [-0.1, -0.05) is 51.1 Å². The third-order valence-corrected chi connectivity index (χ3v) is 4.18. The number of carboxylic acids is 1. The van der Waals surface area contributed by atoms with Crippen molar-refractivity contribution in [2.75, 3.05) is 6.54 Å². The number of ether oxygens (including phenoxy) is 1. The largest absolute Gasteiger partial charge is 0.479 e. The van der Waals surface area contributed by atoms with Crippen LogP contribution in [0.15, 0.2) is 30.3 Å². The first-order valence-electron chi connectivity index (χ1n) is 7.01. The molecule has 1 unspecified atom stereocenters. The molecule has 1 aliphatic heterocycles. The minimum atomic E-state index is -1.18. The number of hydrogen-bond acceptors (Lipinski definition) is 3. The average Bonchev–Trinajstić information content (AvgIpc) is 2.34. The van der Waals surface area contributed by atoms with Gasteiger partial charge in [0.2, 0.25) is 0 Å². The molecule has 0 aromatic heterocycles. The van der Waals surface area contributed by atoms with E-state index in [9.17, 15) is 14.7 Å². The number of carbonyl (C=O) groups is 2. The highest BCUT2D eigenvalue weighted by atomic mass is 16.6. The van der Waals surface area contributed by atoms with Crippen LogP contribution in [0.1, 0.15) is 32.8 Å². The zero-order valence-electron chi connectivity index (χ0n) is 12.6. The predicted molar refractivity (Wildman–Crippen MR) is 77.8 cm³/mol. The Balaban J connectivity index is 2.07. The van der Waals surface area contributed by atoms with Gasteiger partial charge in [0.1, 0.15) is 12.1 Å². The minimum absolute atomic E-state index is 0.149. The summed E-state index contributed by atoms with van der Waals surface area (Å²) in [6.45, 7) is 6.06. The Hall–Kier alpha value is -2.04. The molecule has 1 aliphatic rings. The molecule has 0 spiro atoms. The standard InChI is InChI=1S/C16H21NO4/c1-15(2,3)16(13(18)19)9-10-17(16)14(20)21-11-12-7-5-4-6-8-12/h4-8H,9-11H2,1-3H3,(H,18,19). The first-order chi connectivity index (χ1) is 9.79. The van der Waals surface area contributed by atoms with E-state index < -0.39 is 23.0 Å². The molecule has 1 aromatic rings. The number of aliphatic carboxylic acids is 1. The Morgan fingerprint density at radius 2 is 1.90 bits per heavy atom. The van der Waals surface area contributed by atoms with E-state index in [1.54, 1.807) is 0 Å². The molecule has 1 N–H and O–H groups in total. The highest BCUT2D eigenvalue weighted by Gasteiger charge is 2.61. The molecule has 1 aromatic carbocycles. The first kappa shape index (κ1) is 15.4. The van der Waals surface area contributed by atoms with Crippen LogP contribution in [-0.2, 0) is 16.1 Å². The van der Waals surface area contributed by atoms with Gasteiger partial charge in [0.25, 0.3) is 0 Å². The van der Waals surface area contributed by atoms with Gasteiger partial charge in [-0.3, -0.25) is 4.90 Å². The molecule has 0 aliphatic carbocycles. The number of carbonyl (C=O) groups excluding carboxylic acids is 1. The number of likely N-dealkylation sites (tertiary alicyclic amines) is 1. The van der Waals surface area contributed by atoms with Gasteiger partial charge < -0.3 is 9.84 Å². The molecule has 2 rings (SSSR count). The van der Waals surface area contributed by atoms with E-state index in [1.165, 1.54) is 4.90 Å². The molecule has 114 valence electrons. The van der Waals surface area contributed by atoms with Gasteiger partial charge in [-0.05, 0) is 17.4 Å². The van der Waals surface area contributed by atoms with Crippen molar-refractivity contribution in [3.8, 4) is 0 Å². The lowest BCUT2D eigenvalue weighted by Gasteiger charge is -2.55. The molecular weight excluding hydrogens is 270 g/mol. The molecule has 0 bridgehead atoms. The normalized spacial score (nSPS) is 21.6. The second kappa shape index (κ2) is 5.39. The molecule has 0 radical (unpaired) electrons.